The largest absolute Gasteiger partial charge is 0.481 e. The Bertz CT molecular complexity index is 553. The number of hydrogen-bond acceptors (Lipinski definition) is 2. The predicted molar refractivity (Wildman–Crippen MR) is 88.8 cm³/mol. The highest BCUT2D eigenvalue weighted by atomic mass is 16.4. The molecule has 0 aliphatic heterocycles. The second-order valence-electron chi connectivity index (χ2n) is 9.26. The highest BCUT2D eigenvalue weighted by Gasteiger charge is 2.57. The normalized spacial score (nSPS) is 52.1. The van der Waals surface area contributed by atoms with Crippen molar-refractivity contribution in [1.29, 1.82) is 0 Å². The first-order chi connectivity index (χ1) is 10.8. The molecule has 3 heteroatoms. The first kappa shape index (κ1) is 15.7. The summed E-state index contributed by atoms with van der Waals surface area (Å²) < 4.78 is 0. The van der Waals surface area contributed by atoms with E-state index in [-0.39, 0.29) is 5.41 Å². The zero-order chi connectivity index (χ0) is 16.4. The Hall–Kier alpha value is -0.830. The van der Waals surface area contributed by atoms with Crippen molar-refractivity contribution in [1.82, 2.24) is 0 Å². The number of hydrogen-bond donors (Lipinski definition) is 2. The standard InChI is InChI=1S/C20H30O3/c1-19-8-3-4-15(19)13-6-5-12-10-17(21)14(18(22)23)11-20(12,2)16(13)7-9-19/h5,13-17,21H,3-4,6-11H2,1-2H3,(H,22,23)/t13-,14?,15-,16+,17?,19-,20-/m0/s1. The molecule has 2 unspecified atom stereocenters. The van der Waals surface area contributed by atoms with E-state index in [0.717, 1.165) is 18.3 Å². The number of carboxylic acid groups (broad SMARTS) is 1. The van der Waals surface area contributed by atoms with Gasteiger partial charge in [0.25, 0.3) is 0 Å². The first-order valence-electron chi connectivity index (χ1n) is 9.45. The van der Waals surface area contributed by atoms with Crippen LogP contribution in [0.3, 0.4) is 0 Å². The van der Waals surface area contributed by atoms with Crippen molar-refractivity contribution in [3.05, 3.63) is 11.6 Å². The highest BCUT2D eigenvalue weighted by molar-refractivity contribution is 5.71. The second-order valence-corrected chi connectivity index (χ2v) is 9.26. The van der Waals surface area contributed by atoms with Crippen molar-refractivity contribution >= 4 is 5.97 Å². The molecule has 3 fully saturated rings. The van der Waals surface area contributed by atoms with E-state index in [1.54, 1.807) is 0 Å². The minimum absolute atomic E-state index is 0.00484. The third-order valence-corrected chi connectivity index (χ3v) is 8.26. The van der Waals surface area contributed by atoms with Crippen LogP contribution < -0.4 is 0 Å². The van der Waals surface area contributed by atoms with E-state index in [9.17, 15) is 15.0 Å². The lowest BCUT2D eigenvalue weighted by Gasteiger charge is -2.58. The predicted octanol–water partition coefficient (Wildman–Crippen LogP) is 4.01. The highest BCUT2D eigenvalue weighted by Crippen LogP contribution is 2.65. The molecular weight excluding hydrogens is 288 g/mol. The number of fused-ring (bicyclic) bond motifs is 5. The summed E-state index contributed by atoms with van der Waals surface area (Å²) in [6.45, 7) is 4.79. The Balaban J connectivity index is 1.68. The smallest absolute Gasteiger partial charge is 0.309 e. The maximum Gasteiger partial charge on any atom is 0.309 e. The lowest BCUT2D eigenvalue weighted by molar-refractivity contribution is -0.150. The molecule has 0 aromatic heterocycles. The van der Waals surface area contributed by atoms with Gasteiger partial charge in [0.15, 0.2) is 0 Å². The number of aliphatic hydroxyl groups is 1. The van der Waals surface area contributed by atoms with Crippen LogP contribution in [0, 0.1) is 34.5 Å². The molecule has 4 rings (SSSR count). The van der Waals surface area contributed by atoms with Crippen LogP contribution >= 0.6 is 0 Å². The van der Waals surface area contributed by atoms with Crippen LogP contribution in [0.4, 0.5) is 0 Å². The first-order valence-corrected chi connectivity index (χ1v) is 9.45. The van der Waals surface area contributed by atoms with E-state index in [4.69, 9.17) is 0 Å². The Labute approximate surface area is 139 Å². The zero-order valence-corrected chi connectivity index (χ0v) is 14.4. The third kappa shape index (κ3) is 2.15. The van der Waals surface area contributed by atoms with Crippen molar-refractivity contribution < 1.29 is 15.0 Å². The van der Waals surface area contributed by atoms with Crippen molar-refractivity contribution in [3.63, 3.8) is 0 Å². The molecule has 7 atom stereocenters. The number of rotatable bonds is 1. The summed E-state index contributed by atoms with van der Waals surface area (Å²) in [5, 5.41) is 19.8. The van der Waals surface area contributed by atoms with Crippen molar-refractivity contribution in [2.24, 2.45) is 34.5 Å². The number of carbonyl (C=O) groups is 1. The Morgan fingerprint density at radius 2 is 2.00 bits per heavy atom. The van der Waals surface area contributed by atoms with Gasteiger partial charge in [-0.25, -0.2) is 0 Å². The summed E-state index contributed by atoms with van der Waals surface area (Å²) in [5.74, 6) is 0.767. The molecule has 0 spiro atoms. The molecule has 0 aromatic carbocycles. The van der Waals surface area contributed by atoms with Crippen LogP contribution in [-0.2, 0) is 4.79 Å². The van der Waals surface area contributed by atoms with Gasteiger partial charge in [-0.1, -0.05) is 31.9 Å². The van der Waals surface area contributed by atoms with E-state index >= 15 is 0 Å². The second kappa shape index (κ2) is 5.08. The molecule has 3 nitrogen and oxygen atoms in total. The molecule has 2 N–H and O–H groups in total. The molecule has 0 amide bonds. The van der Waals surface area contributed by atoms with E-state index < -0.39 is 18.0 Å². The molecule has 4 aliphatic rings. The Kier molecular flexibility index (Phi) is 3.46. The molecule has 23 heavy (non-hydrogen) atoms. The topological polar surface area (TPSA) is 57.5 Å². The average Bonchev–Trinajstić information content (AvgIpc) is 2.89. The average molecular weight is 318 g/mol. The van der Waals surface area contributed by atoms with Crippen molar-refractivity contribution in [2.45, 2.75) is 71.3 Å². The number of aliphatic hydroxyl groups excluding tert-OH is 1. The number of allylic oxidation sites excluding steroid dienone is 1. The zero-order valence-electron chi connectivity index (χ0n) is 14.4. The maximum absolute atomic E-state index is 11.6. The maximum atomic E-state index is 11.6. The van der Waals surface area contributed by atoms with Gasteiger partial charge in [0.1, 0.15) is 0 Å². The number of carboxylic acids is 1. The van der Waals surface area contributed by atoms with Crippen molar-refractivity contribution in [3.8, 4) is 0 Å². The summed E-state index contributed by atoms with van der Waals surface area (Å²) in [4.78, 5) is 11.6. The summed E-state index contributed by atoms with van der Waals surface area (Å²) in [6, 6.07) is 0. The minimum Gasteiger partial charge on any atom is -0.481 e. The molecule has 128 valence electrons. The molecule has 0 radical (unpaired) electrons. The monoisotopic (exact) mass is 318 g/mol. The molecule has 3 saturated carbocycles. The van der Waals surface area contributed by atoms with Crippen LogP contribution in [0.15, 0.2) is 11.6 Å². The summed E-state index contributed by atoms with van der Waals surface area (Å²) >= 11 is 0. The lowest BCUT2D eigenvalue weighted by atomic mass is 9.47. The van der Waals surface area contributed by atoms with Gasteiger partial charge in [-0.2, -0.15) is 0 Å². The molecule has 0 bridgehead atoms. The van der Waals surface area contributed by atoms with Gasteiger partial charge in [0, 0.05) is 0 Å². The van der Waals surface area contributed by atoms with Gasteiger partial charge in [-0.3, -0.25) is 4.79 Å². The van der Waals surface area contributed by atoms with Gasteiger partial charge in [0.2, 0.25) is 0 Å². The fourth-order valence-electron chi connectivity index (χ4n) is 6.96. The SMILES string of the molecule is C[C@@]12CCC[C@H]1[C@@H]1CC=C3CC(O)C(C(=O)O)C[C@]3(C)[C@@H]1CC2. The molecular formula is C20H30O3. The fourth-order valence-corrected chi connectivity index (χ4v) is 6.96. The lowest BCUT2D eigenvalue weighted by Crippen LogP contribution is -2.52. The third-order valence-electron chi connectivity index (χ3n) is 8.26. The summed E-state index contributed by atoms with van der Waals surface area (Å²) in [6.07, 6.45) is 10.7. The van der Waals surface area contributed by atoms with Gasteiger partial charge in [-0.05, 0) is 73.5 Å². The van der Waals surface area contributed by atoms with Gasteiger partial charge in [-0.15, -0.1) is 0 Å². The van der Waals surface area contributed by atoms with Crippen LogP contribution in [0.1, 0.15) is 65.2 Å². The molecule has 0 saturated heterocycles. The summed E-state index contributed by atoms with van der Waals surface area (Å²) in [7, 11) is 0. The van der Waals surface area contributed by atoms with E-state index in [2.05, 4.69) is 19.9 Å². The number of aliphatic carboxylic acids is 1. The summed E-state index contributed by atoms with van der Waals surface area (Å²) in [5.41, 5.74) is 1.88. The van der Waals surface area contributed by atoms with Gasteiger partial charge in [0.05, 0.1) is 12.0 Å². The van der Waals surface area contributed by atoms with Crippen molar-refractivity contribution in [2.75, 3.05) is 0 Å². The fraction of sp³-hybridized carbons (Fsp3) is 0.850. The van der Waals surface area contributed by atoms with Crippen LogP contribution in [0.25, 0.3) is 0 Å². The quantitative estimate of drug-likeness (QED) is 0.718. The van der Waals surface area contributed by atoms with E-state index in [1.165, 1.54) is 37.7 Å². The van der Waals surface area contributed by atoms with E-state index in [1.807, 2.05) is 0 Å². The van der Waals surface area contributed by atoms with Gasteiger partial charge >= 0.3 is 5.97 Å². The van der Waals surface area contributed by atoms with Crippen LogP contribution in [0.5, 0.6) is 0 Å². The molecule has 0 aromatic rings. The Morgan fingerprint density at radius 3 is 2.74 bits per heavy atom. The van der Waals surface area contributed by atoms with Crippen LogP contribution in [0.2, 0.25) is 0 Å². The molecule has 4 aliphatic carbocycles. The van der Waals surface area contributed by atoms with E-state index in [0.29, 0.717) is 24.2 Å². The minimum atomic E-state index is -0.818. The van der Waals surface area contributed by atoms with Crippen LogP contribution in [-0.4, -0.2) is 22.3 Å². The Morgan fingerprint density at radius 1 is 1.22 bits per heavy atom. The molecule has 0 heterocycles. The van der Waals surface area contributed by atoms with Gasteiger partial charge < -0.3 is 10.2 Å².